The van der Waals surface area contributed by atoms with Crippen molar-refractivity contribution in [1.29, 1.82) is 0 Å². The maximum Gasteiger partial charge on any atom is 0.338 e. The first-order chi connectivity index (χ1) is 9.41. The summed E-state index contributed by atoms with van der Waals surface area (Å²) in [4.78, 5) is 32.1. The van der Waals surface area contributed by atoms with E-state index < -0.39 is 17.9 Å². The van der Waals surface area contributed by atoms with Gasteiger partial charge in [-0.3, -0.25) is 0 Å². The van der Waals surface area contributed by atoms with Crippen LogP contribution in [0.2, 0.25) is 0 Å². The fourth-order valence-corrected chi connectivity index (χ4v) is 1.18. The van der Waals surface area contributed by atoms with Gasteiger partial charge in [0.25, 0.3) is 0 Å². The second kappa shape index (κ2) is 7.08. The Kier molecular flexibility index (Phi) is 5.46. The number of benzene rings is 1. The average molecular weight is 278 g/mol. The van der Waals surface area contributed by atoms with Crippen LogP contribution >= 0.6 is 0 Å². The number of aliphatic carboxylic acids is 1. The monoisotopic (exact) mass is 278 g/mol. The molecule has 0 aliphatic carbocycles. The van der Waals surface area contributed by atoms with Crippen molar-refractivity contribution >= 4 is 17.9 Å². The third-order valence-electron chi connectivity index (χ3n) is 2.27. The Hall–Kier alpha value is -2.63. The molecule has 6 nitrogen and oxygen atoms in total. The Morgan fingerprint density at radius 2 is 1.35 bits per heavy atom. The molecule has 1 N–H and O–H groups in total. The summed E-state index contributed by atoms with van der Waals surface area (Å²) in [5, 5.41) is 7.89. The molecule has 2 heterocycles. The molecule has 2 aliphatic heterocycles. The van der Waals surface area contributed by atoms with Crippen LogP contribution < -0.4 is 0 Å². The van der Waals surface area contributed by atoms with Gasteiger partial charge in [0.2, 0.25) is 0 Å². The largest absolute Gasteiger partial charge is 0.478 e. The Morgan fingerprint density at radius 3 is 1.60 bits per heavy atom. The molecule has 0 fully saturated rings. The van der Waals surface area contributed by atoms with E-state index in [1.807, 2.05) is 0 Å². The van der Waals surface area contributed by atoms with Crippen molar-refractivity contribution in [2.75, 3.05) is 13.2 Å². The van der Waals surface area contributed by atoms with E-state index in [9.17, 15) is 14.4 Å². The Labute approximate surface area is 115 Å². The van der Waals surface area contributed by atoms with Crippen LogP contribution in [-0.2, 0) is 14.3 Å². The van der Waals surface area contributed by atoms with E-state index in [4.69, 9.17) is 14.6 Å². The molecule has 1 aromatic rings. The normalized spacial score (nSPS) is 13.4. The molecule has 20 heavy (non-hydrogen) atoms. The number of ether oxygens (including phenoxy) is 2. The van der Waals surface area contributed by atoms with Gasteiger partial charge in [-0.2, -0.15) is 0 Å². The number of hydrogen-bond donors (Lipinski definition) is 1. The minimum atomic E-state index is -0.935. The second-order valence-corrected chi connectivity index (χ2v) is 3.93. The molecule has 0 saturated heterocycles. The molecule has 0 spiro atoms. The van der Waals surface area contributed by atoms with Crippen molar-refractivity contribution in [1.82, 2.24) is 0 Å². The summed E-state index contributed by atoms with van der Waals surface area (Å²) in [6.07, 6.45) is 0. The maximum absolute atomic E-state index is 11.3. The van der Waals surface area contributed by atoms with Crippen molar-refractivity contribution in [3.63, 3.8) is 0 Å². The molecule has 2 aliphatic rings. The van der Waals surface area contributed by atoms with Gasteiger partial charge in [0.1, 0.15) is 13.2 Å². The highest BCUT2D eigenvalue weighted by Crippen LogP contribution is 2.09. The van der Waals surface area contributed by atoms with E-state index in [1.54, 1.807) is 24.3 Å². The van der Waals surface area contributed by atoms with E-state index >= 15 is 0 Å². The second-order valence-electron chi connectivity index (χ2n) is 3.93. The SMILES string of the molecule is C=C(C)C(=O)O.O=C1OCCOC(=O)c2ccc1cc2. The number of fused-ring (bicyclic) bond motifs is 7. The summed E-state index contributed by atoms with van der Waals surface area (Å²) >= 11 is 0. The van der Waals surface area contributed by atoms with Crippen molar-refractivity contribution in [3.8, 4) is 0 Å². The van der Waals surface area contributed by atoms with Crippen LogP contribution in [0.15, 0.2) is 36.4 Å². The molecule has 0 aromatic heterocycles. The van der Waals surface area contributed by atoms with Crippen molar-refractivity contribution in [2.24, 2.45) is 0 Å². The zero-order valence-corrected chi connectivity index (χ0v) is 10.9. The molecule has 1 aromatic carbocycles. The van der Waals surface area contributed by atoms with Crippen LogP contribution in [0.1, 0.15) is 27.6 Å². The Balaban J connectivity index is 0.000000286. The van der Waals surface area contributed by atoms with Crippen LogP contribution in [0.5, 0.6) is 0 Å². The lowest BCUT2D eigenvalue weighted by Crippen LogP contribution is -2.16. The highest BCUT2D eigenvalue weighted by molar-refractivity contribution is 5.93. The fraction of sp³-hybridized carbons (Fsp3) is 0.214. The minimum absolute atomic E-state index is 0.100. The summed E-state index contributed by atoms with van der Waals surface area (Å²) in [5.74, 6) is -1.72. The quantitative estimate of drug-likeness (QED) is 0.620. The van der Waals surface area contributed by atoms with Gasteiger partial charge in [-0.15, -0.1) is 0 Å². The van der Waals surface area contributed by atoms with Crippen molar-refractivity contribution in [3.05, 3.63) is 47.5 Å². The molecule has 106 valence electrons. The van der Waals surface area contributed by atoms with E-state index in [1.165, 1.54) is 6.92 Å². The summed E-state index contributed by atoms with van der Waals surface area (Å²) in [6, 6.07) is 6.18. The molecular formula is C14H14O6. The average Bonchev–Trinajstić information content (AvgIpc) is 2.43. The lowest BCUT2D eigenvalue weighted by atomic mass is 10.1. The van der Waals surface area contributed by atoms with Crippen LogP contribution in [0.3, 0.4) is 0 Å². The predicted molar refractivity (Wildman–Crippen MR) is 69.5 cm³/mol. The van der Waals surface area contributed by atoms with Gasteiger partial charge >= 0.3 is 17.9 Å². The molecule has 0 unspecified atom stereocenters. The van der Waals surface area contributed by atoms with E-state index in [0.717, 1.165) is 0 Å². The van der Waals surface area contributed by atoms with Crippen molar-refractivity contribution < 1.29 is 29.0 Å². The molecule has 3 rings (SSSR count). The summed E-state index contributed by atoms with van der Waals surface area (Å²) < 4.78 is 9.66. The standard InChI is InChI=1S/C10H8O4.C4H6O2/c11-9-7-1-2-8(4-3-7)10(12)14-6-5-13-9;1-3(2)4(5)6/h1-4H,5-6H2;1H2,2H3,(H,5,6). The van der Waals surface area contributed by atoms with Crippen molar-refractivity contribution in [2.45, 2.75) is 6.92 Å². The predicted octanol–water partition coefficient (Wildman–Crippen LogP) is 1.66. The lowest BCUT2D eigenvalue weighted by molar-refractivity contribution is -0.132. The molecule has 0 atom stereocenters. The summed E-state index contributed by atoms with van der Waals surface area (Å²) in [6.45, 7) is 4.80. The van der Waals surface area contributed by atoms with Gasteiger partial charge in [0, 0.05) is 5.57 Å². The Bertz CT molecular complexity index is 480. The maximum atomic E-state index is 11.3. The minimum Gasteiger partial charge on any atom is -0.478 e. The number of carbonyl (C=O) groups is 3. The molecule has 0 saturated carbocycles. The van der Waals surface area contributed by atoms with E-state index in [-0.39, 0.29) is 18.8 Å². The molecule has 2 bridgehead atoms. The number of carboxylic acid groups (broad SMARTS) is 1. The van der Waals surface area contributed by atoms with Gasteiger partial charge in [-0.1, -0.05) is 6.58 Å². The molecule has 0 amide bonds. The zero-order chi connectivity index (χ0) is 15.1. The molecular weight excluding hydrogens is 264 g/mol. The molecule has 6 heteroatoms. The lowest BCUT2D eigenvalue weighted by Gasteiger charge is -2.09. The third kappa shape index (κ3) is 4.56. The van der Waals surface area contributed by atoms with Gasteiger partial charge in [0.05, 0.1) is 11.1 Å². The first-order valence-corrected chi connectivity index (χ1v) is 5.75. The van der Waals surface area contributed by atoms with Crippen LogP contribution in [0.25, 0.3) is 0 Å². The summed E-state index contributed by atoms with van der Waals surface area (Å²) in [5.41, 5.74) is 1.07. The zero-order valence-electron chi connectivity index (χ0n) is 10.9. The number of esters is 2. The fourth-order valence-electron chi connectivity index (χ4n) is 1.18. The highest BCUT2D eigenvalue weighted by atomic mass is 16.6. The first-order valence-electron chi connectivity index (χ1n) is 5.75. The van der Waals surface area contributed by atoms with Crippen LogP contribution in [-0.4, -0.2) is 36.2 Å². The van der Waals surface area contributed by atoms with Gasteiger partial charge in [0.15, 0.2) is 0 Å². The topological polar surface area (TPSA) is 89.9 Å². The highest BCUT2D eigenvalue weighted by Gasteiger charge is 2.13. The van der Waals surface area contributed by atoms with Crippen LogP contribution in [0, 0.1) is 0 Å². The summed E-state index contributed by atoms with van der Waals surface area (Å²) in [7, 11) is 0. The van der Waals surface area contributed by atoms with E-state index in [2.05, 4.69) is 6.58 Å². The van der Waals surface area contributed by atoms with E-state index in [0.29, 0.717) is 11.1 Å². The van der Waals surface area contributed by atoms with Gasteiger partial charge in [-0.05, 0) is 31.2 Å². The number of carbonyl (C=O) groups excluding carboxylic acids is 2. The van der Waals surface area contributed by atoms with Gasteiger partial charge < -0.3 is 14.6 Å². The number of hydrogen-bond acceptors (Lipinski definition) is 5. The van der Waals surface area contributed by atoms with Gasteiger partial charge in [-0.25, -0.2) is 14.4 Å². The third-order valence-corrected chi connectivity index (χ3v) is 2.27. The van der Waals surface area contributed by atoms with Crippen LogP contribution in [0.4, 0.5) is 0 Å². The number of carboxylic acids is 1. The number of rotatable bonds is 1. The Morgan fingerprint density at radius 1 is 1.05 bits per heavy atom. The first kappa shape index (κ1) is 15.4. The smallest absolute Gasteiger partial charge is 0.338 e. The molecule has 0 radical (unpaired) electrons.